The zero-order chi connectivity index (χ0) is 15.4. The van der Waals surface area contributed by atoms with Gasteiger partial charge >= 0.3 is 0 Å². The number of rotatable bonds is 5. The molecule has 1 aromatic carbocycles. The molecule has 2 amide bonds. The lowest BCUT2D eigenvalue weighted by Gasteiger charge is -2.27. The molecule has 5 nitrogen and oxygen atoms in total. The third-order valence-corrected chi connectivity index (χ3v) is 4.32. The van der Waals surface area contributed by atoms with Crippen molar-refractivity contribution in [2.24, 2.45) is 11.8 Å². The molecule has 1 saturated carbocycles. The number of ether oxygens (including phenoxy) is 1. The van der Waals surface area contributed by atoms with Crippen LogP contribution in [0.15, 0.2) is 30.3 Å². The van der Waals surface area contributed by atoms with Crippen molar-refractivity contribution >= 4 is 11.8 Å². The number of hydrogen-bond acceptors (Lipinski definition) is 3. The SMILES string of the molecule is O=C(NCCc1ccccc1)C1CC1C(=O)N1CCOCC1. The summed E-state index contributed by atoms with van der Waals surface area (Å²) in [5.74, 6) is -0.116. The molecule has 2 unspecified atom stereocenters. The number of nitrogens with zero attached hydrogens (tertiary/aromatic N) is 1. The molecule has 0 aromatic heterocycles. The maximum absolute atomic E-state index is 12.3. The van der Waals surface area contributed by atoms with Gasteiger partial charge in [0.1, 0.15) is 0 Å². The van der Waals surface area contributed by atoms with Gasteiger partial charge in [-0.05, 0) is 18.4 Å². The molecule has 0 radical (unpaired) electrons. The zero-order valence-corrected chi connectivity index (χ0v) is 12.7. The van der Waals surface area contributed by atoms with Crippen LogP contribution in [0.3, 0.4) is 0 Å². The fourth-order valence-corrected chi connectivity index (χ4v) is 2.88. The van der Waals surface area contributed by atoms with E-state index in [1.165, 1.54) is 5.56 Å². The number of morpholine rings is 1. The molecule has 2 atom stereocenters. The van der Waals surface area contributed by atoms with Gasteiger partial charge in [0, 0.05) is 19.6 Å². The van der Waals surface area contributed by atoms with Crippen molar-refractivity contribution in [3.63, 3.8) is 0 Å². The highest BCUT2D eigenvalue weighted by Gasteiger charge is 2.49. The third kappa shape index (κ3) is 3.65. The minimum Gasteiger partial charge on any atom is -0.378 e. The summed E-state index contributed by atoms with van der Waals surface area (Å²) in [5.41, 5.74) is 1.21. The molecular formula is C17H22N2O3. The average molecular weight is 302 g/mol. The first-order valence-electron chi connectivity index (χ1n) is 7.94. The van der Waals surface area contributed by atoms with Crippen molar-refractivity contribution in [1.82, 2.24) is 10.2 Å². The quantitative estimate of drug-likeness (QED) is 0.877. The second-order valence-electron chi connectivity index (χ2n) is 5.91. The molecule has 22 heavy (non-hydrogen) atoms. The second kappa shape index (κ2) is 6.92. The Hall–Kier alpha value is -1.88. The molecule has 0 bridgehead atoms. The van der Waals surface area contributed by atoms with Crippen LogP contribution in [0.4, 0.5) is 0 Å². The number of carbonyl (C=O) groups is 2. The summed E-state index contributed by atoms with van der Waals surface area (Å²) < 4.78 is 5.25. The Morgan fingerprint density at radius 3 is 2.59 bits per heavy atom. The van der Waals surface area contributed by atoms with Crippen LogP contribution in [0.25, 0.3) is 0 Å². The van der Waals surface area contributed by atoms with Gasteiger partial charge in [-0.2, -0.15) is 0 Å². The van der Waals surface area contributed by atoms with Gasteiger partial charge in [-0.15, -0.1) is 0 Å². The van der Waals surface area contributed by atoms with Gasteiger partial charge < -0.3 is 15.0 Å². The van der Waals surface area contributed by atoms with Crippen molar-refractivity contribution in [3.05, 3.63) is 35.9 Å². The van der Waals surface area contributed by atoms with Crippen molar-refractivity contribution < 1.29 is 14.3 Å². The van der Waals surface area contributed by atoms with E-state index in [1.807, 2.05) is 35.2 Å². The van der Waals surface area contributed by atoms with Crippen molar-refractivity contribution in [1.29, 1.82) is 0 Å². The summed E-state index contributed by atoms with van der Waals surface area (Å²) in [6.07, 6.45) is 1.51. The summed E-state index contributed by atoms with van der Waals surface area (Å²) in [6.45, 7) is 3.13. The van der Waals surface area contributed by atoms with Crippen LogP contribution in [-0.4, -0.2) is 49.6 Å². The third-order valence-electron chi connectivity index (χ3n) is 4.32. The molecular weight excluding hydrogens is 280 g/mol. The van der Waals surface area contributed by atoms with Gasteiger partial charge in [0.2, 0.25) is 11.8 Å². The second-order valence-corrected chi connectivity index (χ2v) is 5.91. The first-order chi connectivity index (χ1) is 10.8. The number of carbonyl (C=O) groups excluding carboxylic acids is 2. The van der Waals surface area contributed by atoms with Gasteiger partial charge in [0.05, 0.1) is 25.0 Å². The lowest BCUT2D eigenvalue weighted by atomic mass is 10.1. The molecule has 1 aromatic rings. The molecule has 3 rings (SSSR count). The lowest BCUT2D eigenvalue weighted by Crippen LogP contribution is -2.42. The molecule has 1 heterocycles. The molecule has 1 saturated heterocycles. The molecule has 2 aliphatic rings. The Balaban J connectivity index is 1.40. The first-order valence-corrected chi connectivity index (χ1v) is 7.94. The summed E-state index contributed by atoms with van der Waals surface area (Å²) in [4.78, 5) is 26.2. The smallest absolute Gasteiger partial charge is 0.226 e. The van der Waals surface area contributed by atoms with E-state index < -0.39 is 0 Å². The Labute approximate surface area is 130 Å². The highest BCUT2D eigenvalue weighted by molar-refractivity contribution is 5.92. The van der Waals surface area contributed by atoms with E-state index in [0.717, 1.165) is 6.42 Å². The Morgan fingerprint density at radius 2 is 1.86 bits per heavy atom. The van der Waals surface area contributed by atoms with E-state index in [9.17, 15) is 9.59 Å². The van der Waals surface area contributed by atoms with Gasteiger partial charge in [0.25, 0.3) is 0 Å². The van der Waals surface area contributed by atoms with Crippen LogP contribution in [-0.2, 0) is 20.7 Å². The molecule has 2 fully saturated rings. The molecule has 1 aliphatic heterocycles. The monoisotopic (exact) mass is 302 g/mol. The van der Waals surface area contributed by atoms with Gasteiger partial charge in [0.15, 0.2) is 0 Å². The van der Waals surface area contributed by atoms with Crippen LogP contribution < -0.4 is 5.32 Å². The number of benzene rings is 1. The number of nitrogens with one attached hydrogen (secondary N) is 1. The summed E-state index contributed by atoms with van der Waals surface area (Å²) >= 11 is 0. The minimum atomic E-state index is -0.133. The van der Waals surface area contributed by atoms with E-state index in [1.54, 1.807) is 0 Å². The van der Waals surface area contributed by atoms with Gasteiger partial charge in [-0.3, -0.25) is 9.59 Å². The van der Waals surface area contributed by atoms with Crippen LogP contribution in [0.1, 0.15) is 12.0 Å². The highest BCUT2D eigenvalue weighted by atomic mass is 16.5. The fraction of sp³-hybridized carbons (Fsp3) is 0.529. The predicted molar refractivity (Wildman–Crippen MR) is 82.2 cm³/mol. The lowest BCUT2D eigenvalue weighted by molar-refractivity contribution is -0.138. The summed E-state index contributed by atoms with van der Waals surface area (Å²) in [6, 6.07) is 10.1. The Bertz CT molecular complexity index is 526. The van der Waals surface area contributed by atoms with Gasteiger partial charge in [-0.1, -0.05) is 30.3 Å². The van der Waals surface area contributed by atoms with E-state index in [-0.39, 0.29) is 23.7 Å². The van der Waals surface area contributed by atoms with Gasteiger partial charge in [-0.25, -0.2) is 0 Å². The van der Waals surface area contributed by atoms with E-state index in [2.05, 4.69) is 5.32 Å². The predicted octanol–water partition coefficient (Wildman–Crippen LogP) is 0.840. The molecule has 5 heteroatoms. The minimum absolute atomic E-state index is 0.0162. The molecule has 0 spiro atoms. The van der Waals surface area contributed by atoms with Crippen LogP contribution in [0.5, 0.6) is 0 Å². The largest absolute Gasteiger partial charge is 0.378 e. The maximum Gasteiger partial charge on any atom is 0.226 e. The number of amides is 2. The van der Waals surface area contributed by atoms with Crippen molar-refractivity contribution in [3.8, 4) is 0 Å². The maximum atomic E-state index is 12.3. The Morgan fingerprint density at radius 1 is 1.14 bits per heavy atom. The van der Waals surface area contributed by atoms with E-state index in [4.69, 9.17) is 4.74 Å². The zero-order valence-electron chi connectivity index (χ0n) is 12.7. The van der Waals surface area contributed by atoms with Crippen molar-refractivity contribution in [2.75, 3.05) is 32.8 Å². The number of hydrogen-bond donors (Lipinski definition) is 1. The summed E-state index contributed by atoms with van der Waals surface area (Å²) in [7, 11) is 0. The van der Waals surface area contributed by atoms with Crippen LogP contribution in [0.2, 0.25) is 0 Å². The summed E-state index contributed by atoms with van der Waals surface area (Å²) in [5, 5.41) is 2.95. The molecule has 118 valence electrons. The highest BCUT2D eigenvalue weighted by Crippen LogP contribution is 2.40. The van der Waals surface area contributed by atoms with E-state index >= 15 is 0 Å². The van der Waals surface area contributed by atoms with Crippen molar-refractivity contribution in [2.45, 2.75) is 12.8 Å². The first kappa shape index (κ1) is 15.0. The molecule has 1 aliphatic carbocycles. The van der Waals surface area contributed by atoms with E-state index in [0.29, 0.717) is 39.3 Å². The standard InChI is InChI=1S/C17H22N2O3/c20-16(18-7-6-13-4-2-1-3-5-13)14-12-15(14)17(21)19-8-10-22-11-9-19/h1-5,14-15H,6-12H2,(H,18,20). The normalized spacial score (nSPS) is 23.9. The molecule has 1 N–H and O–H groups in total. The van der Waals surface area contributed by atoms with Crippen LogP contribution in [0, 0.1) is 11.8 Å². The fourth-order valence-electron chi connectivity index (χ4n) is 2.88. The average Bonchev–Trinajstić information content (AvgIpc) is 3.37. The topological polar surface area (TPSA) is 58.6 Å². The van der Waals surface area contributed by atoms with Crippen LogP contribution >= 0.6 is 0 Å². The Kier molecular flexibility index (Phi) is 4.73.